The first kappa shape index (κ1) is 20.6. The minimum Gasteiger partial charge on any atom is -0.390 e. The summed E-state index contributed by atoms with van der Waals surface area (Å²) in [6.07, 6.45) is 3.51. The van der Waals surface area contributed by atoms with E-state index in [0.29, 0.717) is 5.92 Å². The molecule has 3 nitrogen and oxygen atoms in total. The van der Waals surface area contributed by atoms with Crippen LogP contribution in [-0.2, 0) is 0 Å². The Kier molecular flexibility index (Phi) is 5.96. The van der Waals surface area contributed by atoms with Crippen LogP contribution in [0, 0.1) is 5.92 Å². The maximum absolute atomic E-state index is 10.0. The van der Waals surface area contributed by atoms with Gasteiger partial charge in [-0.15, -0.1) is 0 Å². The molecular formula is C25H28ClNO2S. The molecule has 2 aliphatic heterocycles. The van der Waals surface area contributed by atoms with Gasteiger partial charge in [0.2, 0.25) is 0 Å². The molecule has 5 heteroatoms. The molecule has 158 valence electrons. The van der Waals surface area contributed by atoms with Crippen molar-refractivity contribution >= 4 is 28.9 Å². The number of rotatable bonds is 2. The topological polar surface area (TPSA) is 43.7 Å². The Hall–Kier alpha value is -1.30. The molecule has 2 aromatic carbocycles. The van der Waals surface area contributed by atoms with E-state index >= 15 is 0 Å². The molecule has 3 atom stereocenters. The predicted molar refractivity (Wildman–Crippen MR) is 123 cm³/mol. The van der Waals surface area contributed by atoms with E-state index < -0.39 is 12.2 Å². The van der Waals surface area contributed by atoms with Crippen LogP contribution in [-0.4, -0.2) is 47.0 Å². The van der Waals surface area contributed by atoms with Crippen molar-refractivity contribution in [3.05, 3.63) is 64.2 Å². The first-order valence-corrected chi connectivity index (χ1v) is 12.2. The summed E-state index contributed by atoms with van der Waals surface area (Å²) in [5, 5.41) is 20.6. The molecule has 3 unspecified atom stereocenters. The van der Waals surface area contributed by atoms with Crippen LogP contribution in [0.3, 0.4) is 0 Å². The van der Waals surface area contributed by atoms with Gasteiger partial charge in [-0.2, -0.15) is 0 Å². The normalized spacial score (nSPS) is 27.0. The fourth-order valence-electron chi connectivity index (χ4n) is 5.19. The van der Waals surface area contributed by atoms with Crippen molar-refractivity contribution in [2.75, 3.05) is 19.6 Å². The summed E-state index contributed by atoms with van der Waals surface area (Å²) < 4.78 is 0. The fraction of sp³-hybridized carbons (Fsp3) is 0.440. The molecular weight excluding hydrogens is 414 g/mol. The average Bonchev–Trinajstić information content (AvgIpc) is 2.75. The average molecular weight is 442 g/mol. The van der Waals surface area contributed by atoms with E-state index in [1.807, 2.05) is 17.8 Å². The smallest absolute Gasteiger partial charge is 0.0802 e. The Bertz CT molecular complexity index is 965. The summed E-state index contributed by atoms with van der Waals surface area (Å²) in [5.74, 6) is 0.490. The number of halogens is 1. The van der Waals surface area contributed by atoms with Crippen LogP contribution in [0.25, 0.3) is 5.57 Å². The molecule has 2 aromatic rings. The Morgan fingerprint density at radius 2 is 1.70 bits per heavy atom. The van der Waals surface area contributed by atoms with Gasteiger partial charge in [0.15, 0.2) is 0 Å². The third-order valence-electron chi connectivity index (χ3n) is 6.81. The maximum Gasteiger partial charge on any atom is 0.0802 e. The number of nitrogens with zero attached hydrogens (tertiary/aromatic N) is 1. The molecule has 0 bridgehead atoms. The number of hydrogen-bond donors (Lipinski definition) is 2. The third-order valence-corrected chi connectivity index (χ3v) is 8.19. The molecule has 5 rings (SSSR count). The molecule has 1 saturated carbocycles. The summed E-state index contributed by atoms with van der Waals surface area (Å²) in [7, 11) is 0. The van der Waals surface area contributed by atoms with Gasteiger partial charge in [0.1, 0.15) is 0 Å². The van der Waals surface area contributed by atoms with Crippen molar-refractivity contribution in [3.8, 4) is 0 Å². The molecule has 2 heterocycles. The number of likely N-dealkylation sites (tertiary alicyclic amines) is 1. The van der Waals surface area contributed by atoms with E-state index in [4.69, 9.17) is 11.6 Å². The fourth-order valence-corrected chi connectivity index (χ4v) is 6.44. The number of aliphatic hydroxyl groups excluding tert-OH is 2. The van der Waals surface area contributed by atoms with Crippen molar-refractivity contribution in [3.63, 3.8) is 0 Å². The second-order valence-corrected chi connectivity index (χ2v) is 10.4. The van der Waals surface area contributed by atoms with Crippen LogP contribution < -0.4 is 0 Å². The highest BCUT2D eigenvalue weighted by molar-refractivity contribution is 7.99. The van der Waals surface area contributed by atoms with Crippen molar-refractivity contribution in [1.82, 2.24) is 4.90 Å². The van der Waals surface area contributed by atoms with Gasteiger partial charge in [0.25, 0.3) is 0 Å². The van der Waals surface area contributed by atoms with E-state index in [-0.39, 0.29) is 0 Å². The van der Waals surface area contributed by atoms with Crippen LogP contribution in [0.5, 0.6) is 0 Å². The number of hydrogen-bond acceptors (Lipinski definition) is 4. The van der Waals surface area contributed by atoms with Crippen LogP contribution >= 0.6 is 23.4 Å². The van der Waals surface area contributed by atoms with E-state index in [2.05, 4.69) is 41.3 Å². The molecule has 3 aliphatic rings. The first-order valence-electron chi connectivity index (χ1n) is 11.0. The van der Waals surface area contributed by atoms with E-state index in [9.17, 15) is 10.2 Å². The van der Waals surface area contributed by atoms with Crippen molar-refractivity contribution in [2.24, 2.45) is 5.92 Å². The van der Waals surface area contributed by atoms with E-state index in [0.717, 1.165) is 56.8 Å². The highest BCUT2D eigenvalue weighted by Crippen LogP contribution is 2.48. The zero-order chi connectivity index (χ0) is 20.7. The maximum atomic E-state index is 10.0. The Morgan fingerprint density at radius 1 is 0.933 bits per heavy atom. The van der Waals surface area contributed by atoms with Gasteiger partial charge < -0.3 is 15.1 Å². The van der Waals surface area contributed by atoms with Gasteiger partial charge >= 0.3 is 0 Å². The minimum atomic E-state index is -0.552. The second kappa shape index (κ2) is 8.68. The second-order valence-electron chi connectivity index (χ2n) is 8.83. The zero-order valence-electron chi connectivity index (χ0n) is 17.1. The zero-order valence-corrected chi connectivity index (χ0v) is 18.6. The highest BCUT2D eigenvalue weighted by Gasteiger charge is 2.30. The van der Waals surface area contributed by atoms with E-state index in [1.54, 1.807) is 0 Å². The van der Waals surface area contributed by atoms with Gasteiger partial charge in [-0.05, 0) is 79.0 Å². The molecule has 0 radical (unpaired) electrons. The van der Waals surface area contributed by atoms with Gasteiger partial charge in [0.05, 0.1) is 12.2 Å². The van der Waals surface area contributed by atoms with Gasteiger partial charge in [-0.3, -0.25) is 0 Å². The lowest BCUT2D eigenvalue weighted by molar-refractivity contribution is -0.0304. The number of fused-ring (bicyclic) bond motifs is 2. The van der Waals surface area contributed by atoms with Gasteiger partial charge in [-0.25, -0.2) is 0 Å². The number of aliphatic hydroxyl groups is 2. The molecule has 0 amide bonds. The predicted octanol–water partition coefficient (Wildman–Crippen LogP) is 5.22. The van der Waals surface area contributed by atoms with Crippen LogP contribution in [0.2, 0.25) is 5.02 Å². The summed E-state index contributed by atoms with van der Waals surface area (Å²) in [6, 6.07) is 15.0. The van der Waals surface area contributed by atoms with Crippen LogP contribution in [0.4, 0.5) is 0 Å². The summed E-state index contributed by atoms with van der Waals surface area (Å²) in [6.45, 7) is 3.14. The van der Waals surface area contributed by atoms with Crippen molar-refractivity contribution in [2.45, 2.75) is 54.1 Å². The Morgan fingerprint density at radius 3 is 2.50 bits per heavy atom. The van der Waals surface area contributed by atoms with Crippen molar-refractivity contribution < 1.29 is 10.2 Å². The molecule has 1 saturated heterocycles. The lowest BCUT2D eigenvalue weighted by atomic mass is 9.84. The minimum absolute atomic E-state index is 0.490. The number of piperidine rings is 1. The lowest BCUT2D eigenvalue weighted by Gasteiger charge is -2.37. The molecule has 2 N–H and O–H groups in total. The Balaban J connectivity index is 1.37. The first-order chi connectivity index (χ1) is 14.6. The molecule has 30 heavy (non-hydrogen) atoms. The summed E-state index contributed by atoms with van der Waals surface area (Å²) in [5.41, 5.74) is 5.53. The Labute approximate surface area is 187 Å². The highest BCUT2D eigenvalue weighted by atomic mass is 35.5. The quantitative estimate of drug-likeness (QED) is 0.571. The van der Waals surface area contributed by atoms with Gasteiger partial charge in [0, 0.05) is 34.4 Å². The van der Waals surface area contributed by atoms with Crippen LogP contribution in [0.15, 0.2) is 57.8 Å². The third kappa shape index (κ3) is 4.09. The summed E-state index contributed by atoms with van der Waals surface area (Å²) >= 11 is 8.22. The van der Waals surface area contributed by atoms with Crippen molar-refractivity contribution in [1.29, 1.82) is 0 Å². The lowest BCUT2D eigenvalue weighted by Crippen LogP contribution is -2.40. The largest absolute Gasteiger partial charge is 0.390 e. The number of benzene rings is 2. The molecule has 2 fully saturated rings. The molecule has 0 aromatic heterocycles. The standard InChI is InChI=1S/C25H28ClNO2S/c26-18-6-8-24-20(14-18)25(19-3-1-2-4-23(19)30-24)17-9-11-27(12-10-17)15-16-5-7-21(28)22(29)13-16/h1-4,6,8,14,16,21-22,28-29H,5,7,9-13,15H2. The van der Waals surface area contributed by atoms with Gasteiger partial charge in [-0.1, -0.05) is 47.1 Å². The SMILES string of the molecule is OC1CCC(CN2CCC(=C3c4ccccc4Sc4ccc(Cl)cc43)CC2)CC1O. The van der Waals surface area contributed by atoms with Crippen LogP contribution in [0.1, 0.15) is 43.2 Å². The monoisotopic (exact) mass is 441 g/mol. The van der Waals surface area contributed by atoms with E-state index in [1.165, 1.54) is 32.1 Å². The molecule has 0 spiro atoms. The summed E-state index contributed by atoms with van der Waals surface area (Å²) in [4.78, 5) is 5.16. The molecule has 1 aliphatic carbocycles.